The number of carbonyl (C=O) groups excluding carboxylic acids is 1. The Labute approximate surface area is 134 Å². The van der Waals surface area contributed by atoms with Crippen LogP contribution in [0.2, 0.25) is 0 Å². The molecule has 0 aromatic heterocycles. The molecule has 0 radical (unpaired) electrons. The molecule has 1 saturated carbocycles. The topological polar surface area (TPSA) is 64.6 Å². The van der Waals surface area contributed by atoms with Crippen molar-refractivity contribution in [2.24, 2.45) is 5.92 Å². The smallest absolute Gasteiger partial charge is 0.315 e. The van der Waals surface area contributed by atoms with Gasteiger partial charge in [-0.05, 0) is 44.6 Å². The summed E-state index contributed by atoms with van der Waals surface area (Å²) in [5, 5.41) is 14.9. The molecule has 1 aliphatic carbocycles. The maximum absolute atomic E-state index is 12.0. The predicted molar refractivity (Wildman–Crippen MR) is 88.9 cm³/mol. The van der Waals surface area contributed by atoms with Crippen molar-refractivity contribution >= 4 is 6.03 Å². The second-order valence-electron chi connectivity index (χ2n) is 7.10. The Morgan fingerprint density at radius 1 is 1.23 bits per heavy atom. The third kappa shape index (κ3) is 5.76. The van der Waals surface area contributed by atoms with Gasteiger partial charge in [-0.25, -0.2) is 4.79 Å². The number of hydrogen-bond acceptors (Lipinski definition) is 3. The molecule has 5 nitrogen and oxygen atoms in total. The minimum Gasteiger partial charge on any atom is -0.396 e. The van der Waals surface area contributed by atoms with Crippen molar-refractivity contribution in [1.29, 1.82) is 0 Å². The van der Waals surface area contributed by atoms with Crippen molar-refractivity contribution in [3.8, 4) is 0 Å². The first-order valence-electron chi connectivity index (χ1n) is 9.08. The zero-order valence-corrected chi connectivity index (χ0v) is 14.0. The predicted octanol–water partition coefficient (Wildman–Crippen LogP) is 2.10. The summed E-state index contributed by atoms with van der Waals surface area (Å²) in [5.41, 5.74) is 0. The molecule has 2 amide bonds. The molecule has 0 aromatic carbocycles. The van der Waals surface area contributed by atoms with Gasteiger partial charge in [-0.2, -0.15) is 0 Å². The average molecular weight is 311 g/mol. The van der Waals surface area contributed by atoms with Gasteiger partial charge in [-0.15, -0.1) is 0 Å². The molecule has 1 heterocycles. The van der Waals surface area contributed by atoms with Gasteiger partial charge >= 0.3 is 6.03 Å². The molecule has 5 heteroatoms. The van der Waals surface area contributed by atoms with Gasteiger partial charge in [0.15, 0.2) is 0 Å². The average Bonchev–Trinajstić information content (AvgIpc) is 2.54. The Bertz CT molecular complexity index is 332. The van der Waals surface area contributed by atoms with E-state index in [-0.39, 0.29) is 18.7 Å². The van der Waals surface area contributed by atoms with Crippen LogP contribution in [0.1, 0.15) is 58.3 Å². The monoisotopic (exact) mass is 311 g/mol. The van der Waals surface area contributed by atoms with Crippen LogP contribution >= 0.6 is 0 Å². The lowest BCUT2D eigenvalue weighted by Gasteiger charge is -2.40. The molecule has 0 aromatic rings. The lowest BCUT2D eigenvalue weighted by atomic mass is 9.92. The fourth-order valence-corrected chi connectivity index (χ4v) is 3.73. The third-order valence-electron chi connectivity index (χ3n) is 5.11. The first-order valence-corrected chi connectivity index (χ1v) is 9.08. The highest BCUT2D eigenvalue weighted by Crippen LogP contribution is 2.25. The summed E-state index contributed by atoms with van der Waals surface area (Å²) in [5.74, 6) is 0.320. The van der Waals surface area contributed by atoms with Crippen LogP contribution in [0.25, 0.3) is 0 Å². The Kier molecular flexibility index (Phi) is 7.46. The number of aliphatic hydroxyl groups excluding tert-OH is 1. The van der Waals surface area contributed by atoms with Crippen LogP contribution in [0.4, 0.5) is 4.79 Å². The zero-order valence-electron chi connectivity index (χ0n) is 14.0. The van der Waals surface area contributed by atoms with E-state index < -0.39 is 0 Å². The molecule has 3 N–H and O–H groups in total. The largest absolute Gasteiger partial charge is 0.396 e. The van der Waals surface area contributed by atoms with Crippen LogP contribution < -0.4 is 10.6 Å². The number of nitrogens with zero attached hydrogens (tertiary/aromatic N) is 1. The van der Waals surface area contributed by atoms with E-state index in [4.69, 9.17) is 5.11 Å². The van der Waals surface area contributed by atoms with Gasteiger partial charge in [-0.1, -0.05) is 26.2 Å². The number of urea groups is 1. The van der Waals surface area contributed by atoms with E-state index in [1.165, 1.54) is 45.1 Å². The molecule has 2 rings (SSSR count). The number of carbonyl (C=O) groups is 1. The minimum absolute atomic E-state index is 0.0553. The summed E-state index contributed by atoms with van der Waals surface area (Å²) in [6.07, 6.45) is 9.78. The van der Waals surface area contributed by atoms with E-state index >= 15 is 0 Å². The summed E-state index contributed by atoms with van der Waals surface area (Å²) >= 11 is 0. The summed E-state index contributed by atoms with van der Waals surface area (Å²) in [6, 6.07) is 0.968. The van der Waals surface area contributed by atoms with Crippen LogP contribution in [0.15, 0.2) is 0 Å². The Balaban J connectivity index is 1.69. The molecule has 2 aliphatic rings. The van der Waals surface area contributed by atoms with Crippen LogP contribution in [-0.4, -0.2) is 54.4 Å². The van der Waals surface area contributed by atoms with Crippen LogP contribution in [0.3, 0.4) is 0 Å². The van der Waals surface area contributed by atoms with Crippen LogP contribution in [-0.2, 0) is 0 Å². The quantitative estimate of drug-likeness (QED) is 0.704. The molecule has 2 fully saturated rings. The minimum atomic E-state index is -0.0553. The molecule has 22 heavy (non-hydrogen) atoms. The fourth-order valence-electron chi connectivity index (χ4n) is 3.73. The van der Waals surface area contributed by atoms with Gasteiger partial charge in [0, 0.05) is 31.8 Å². The highest BCUT2D eigenvalue weighted by molar-refractivity contribution is 5.74. The van der Waals surface area contributed by atoms with Crippen molar-refractivity contribution in [2.45, 2.75) is 70.4 Å². The summed E-state index contributed by atoms with van der Waals surface area (Å²) in [7, 11) is 0. The standard InChI is InChI=1S/C17H33N3O2/c1-14(9-11-21)12-18-17(22)19-15-6-5-10-20(13-15)16-7-3-2-4-8-16/h14-16,21H,2-13H2,1H3,(H2,18,19,22). The maximum Gasteiger partial charge on any atom is 0.315 e. The first kappa shape index (κ1) is 17.5. The number of amides is 2. The van der Waals surface area contributed by atoms with Gasteiger partial charge in [0.1, 0.15) is 0 Å². The van der Waals surface area contributed by atoms with E-state index in [2.05, 4.69) is 15.5 Å². The van der Waals surface area contributed by atoms with Crippen molar-refractivity contribution in [2.75, 3.05) is 26.2 Å². The van der Waals surface area contributed by atoms with Crippen LogP contribution in [0, 0.1) is 5.92 Å². The van der Waals surface area contributed by atoms with E-state index in [9.17, 15) is 4.79 Å². The second-order valence-corrected chi connectivity index (χ2v) is 7.10. The maximum atomic E-state index is 12.0. The molecular weight excluding hydrogens is 278 g/mol. The highest BCUT2D eigenvalue weighted by Gasteiger charge is 2.27. The molecule has 1 saturated heterocycles. The van der Waals surface area contributed by atoms with E-state index in [0.29, 0.717) is 12.5 Å². The van der Waals surface area contributed by atoms with Crippen molar-refractivity contribution in [3.63, 3.8) is 0 Å². The van der Waals surface area contributed by atoms with Gasteiger partial charge in [0.05, 0.1) is 0 Å². The number of likely N-dealkylation sites (tertiary alicyclic amines) is 1. The molecule has 1 aliphatic heterocycles. The third-order valence-corrected chi connectivity index (χ3v) is 5.11. The number of rotatable bonds is 6. The molecule has 0 bridgehead atoms. The van der Waals surface area contributed by atoms with Gasteiger partial charge in [0.25, 0.3) is 0 Å². The van der Waals surface area contributed by atoms with Crippen molar-refractivity contribution < 1.29 is 9.90 Å². The number of nitrogens with one attached hydrogen (secondary N) is 2. The highest BCUT2D eigenvalue weighted by atomic mass is 16.3. The fraction of sp³-hybridized carbons (Fsp3) is 0.941. The first-order chi connectivity index (χ1) is 10.7. The second kappa shape index (κ2) is 9.36. The van der Waals surface area contributed by atoms with E-state index in [0.717, 1.165) is 25.4 Å². The number of aliphatic hydroxyl groups is 1. The number of hydrogen-bond donors (Lipinski definition) is 3. The zero-order chi connectivity index (χ0) is 15.8. The SMILES string of the molecule is CC(CCO)CNC(=O)NC1CCCN(C2CCCCC2)C1. The lowest BCUT2D eigenvalue weighted by molar-refractivity contribution is 0.112. The van der Waals surface area contributed by atoms with Gasteiger partial charge in [-0.3, -0.25) is 4.90 Å². The van der Waals surface area contributed by atoms with Crippen molar-refractivity contribution in [1.82, 2.24) is 15.5 Å². The normalized spacial score (nSPS) is 25.6. The number of piperidine rings is 1. The van der Waals surface area contributed by atoms with E-state index in [1.54, 1.807) is 0 Å². The van der Waals surface area contributed by atoms with E-state index in [1.807, 2.05) is 6.92 Å². The molecule has 2 unspecified atom stereocenters. The van der Waals surface area contributed by atoms with Gasteiger partial charge < -0.3 is 15.7 Å². The lowest BCUT2D eigenvalue weighted by Crippen LogP contribution is -2.53. The Hall–Kier alpha value is -0.810. The summed E-state index contributed by atoms with van der Waals surface area (Å²) < 4.78 is 0. The summed E-state index contributed by atoms with van der Waals surface area (Å²) in [4.78, 5) is 14.6. The Morgan fingerprint density at radius 3 is 2.73 bits per heavy atom. The molecule has 0 spiro atoms. The molecule has 2 atom stereocenters. The van der Waals surface area contributed by atoms with Gasteiger partial charge in [0.2, 0.25) is 0 Å². The summed E-state index contributed by atoms with van der Waals surface area (Å²) in [6.45, 7) is 5.05. The van der Waals surface area contributed by atoms with Crippen molar-refractivity contribution in [3.05, 3.63) is 0 Å². The molecular formula is C17H33N3O2. The molecule has 128 valence electrons. The van der Waals surface area contributed by atoms with Crippen LogP contribution in [0.5, 0.6) is 0 Å². The Morgan fingerprint density at radius 2 is 2.00 bits per heavy atom.